The fourth-order valence-corrected chi connectivity index (χ4v) is 8.79. The minimum Gasteiger partial charge on any atom is -0.365 e. The fraction of sp³-hybridized carbons (Fsp3) is 0.538. The monoisotopic (exact) mass is 727 g/mol. The first-order valence-electron chi connectivity index (χ1n) is 15.0. The number of aromatic nitrogens is 8. The van der Waals surface area contributed by atoms with Crippen molar-refractivity contribution in [3.63, 3.8) is 0 Å². The molecular formula is C26H29F2N9O8P2S. The molecule has 0 saturated carbocycles. The summed E-state index contributed by atoms with van der Waals surface area (Å²) in [7, 11) is -4.06. The molecule has 3 fully saturated rings. The molecule has 10 atom stereocenters. The molecule has 4 aromatic heterocycles. The third kappa shape index (κ3) is 5.87. The van der Waals surface area contributed by atoms with Crippen molar-refractivity contribution < 1.29 is 45.8 Å². The van der Waals surface area contributed by atoms with Crippen LogP contribution in [0.25, 0.3) is 22.3 Å². The van der Waals surface area contributed by atoms with Crippen LogP contribution in [-0.4, -0.2) is 107 Å². The Morgan fingerprint density at radius 2 is 1.50 bits per heavy atom. The smallest absolute Gasteiger partial charge is 0.328 e. The van der Waals surface area contributed by atoms with Gasteiger partial charge in [-0.05, 0) is 24.6 Å². The topological polar surface area (TPSA) is 192 Å². The molecule has 9 heterocycles. The summed E-state index contributed by atoms with van der Waals surface area (Å²) in [6.07, 6.45) is -1.80. The highest BCUT2D eigenvalue weighted by atomic mass is 32.5. The summed E-state index contributed by atoms with van der Waals surface area (Å²) in [5, 5.41) is 3.19. The Morgan fingerprint density at radius 1 is 0.875 bits per heavy atom. The van der Waals surface area contributed by atoms with Gasteiger partial charge in [0.15, 0.2) is 47.4 Å². The molecule has 5 aliphatic rings. The van der Waals surface area contributed by atoms with E-state index in [1.165, 1.54) is 34.4 Å². The number of nitrogens with zero attached hydrogens (tertiary/aromatic N) is 8. The normalized spacial score (nSPS) is 38.2. The summed E-state index contributed by atoms with van der Waals surface area (Å²) in [5.41, 5.74) is 2.00. The van der Waals surface area contributed by atoms with Crippen molar-refractivity contribution in [1.82, 2.24) is 39.0 Å². The second-order valence-corrected chi connectivity index (χ2v) is 16.4. The third-order valence-electron chi connectivity index (χ3n) is 8.42. The lowest BCUT2D eigenvalue weighted by Crippen LogP contribution is -2.37. The lowest BCUT2D eigenvalue weighted by Gasteiger charge is -2.29. The maximum atomic E-state index is 16.3. The van der Waals surface area contributed by atoms with E-state index in [1.807, 2.05) is 12.2 Å². The number of hydrogen-bond acceptors (Lipinski definition) is 15. The summed E-state index contributed by atoms with van der Waals surface area (Å²) in [6, 6.07) is 0. The van der Waals surface area contributed by atoms with Gasteiger partial charge in [-0.25, -0.2) is 38.7 Å². The van der Waals surface area contributed by atoms with Crippen molar-refractivity contribution in [3.05, 3.63) is 43.2 Å². The van der Waals surface area contributed by atoms with Crippen LogP contribution in [-0.2, 0) is 50.4 Å². The van der Waals surface area contributed by atoms with Crippen molar-refractivity contribution >= 4 is 54.3 Å². The van der Waals surface area contributed by atoms with Gasteiger partial charge in [0.05, 0.1) is 31.6 Å². The second kappa shape index (κ2) is 12.5. The zero-order valence-corrected chi connectivity index (χ0v) is 27.7. The Balaban J connectivity index is 1.21. The largest absolute Gasteiger partial charge is 0.365 e. The van der Waals surface area contributed by atoms with Crippen molar-refractivity contribution in [2.45, 2.75) is 62.1 Å². The highest BCUT2D eigenvalue weighted by Crippen LogP contribution is 2.54. The molecule has 0 aliphatic carbocycles. The number of ether oxygens (including phenoxy) is 2. The number of rotatable bonds is 0. The van der Waals surface area contributed by atoms with E-state index in [1.54, 1.807) is 0 Å². The van der Waals surface area contributed by atoms with E-state index in [-0.39, 0.29) is 5.65 Å². The van der Waals surface area contributed by atoms with Crippen LogP contribution >= 0.6 is 14.3 Å². The first kappa shape index (κ1) is 32.3. The number of nitrogens with one attached hydrogen (secondary N) is 1. The van der Waals surface area contributed by atoms with Gasteiger partial charge in [0, 0.05) is 13.2 Å². The minimum absolute atomic E-state index is 0.254. The Morgan fingerprint density at radius 3 is 2.23 bits per heavy atom. The van der Waals surface area contributed by atoms with E-state index < -0.39 is 76.7 Å². The Labute approximate surface area is 275 Å². The lowest BCUT2D eigenvalue weighted by molar-refractivity contribution is -0.0574. The van der Waals surface area contributed by atoms with Crippen molar-refractivity contribution in [3.8, 4) is 0 Å². The number of halogens is 2. The SMILES string of the molecule is C[P@]1(=O)OC[C@H]2O[C@@H]3[C@H](F)[C@@H]2OP(O)(=S)OC[C@H]2OC([C@H](F)[C@@H]2O1)n1cnc2c(ncnc21)NC/C=C/CCc1ncnc2c1ncn23. The first-order valence-corrected chi connectivity index (χ1v) is 19.5. The highest BCUT2D eigenvalue weighted by molar-refractivity contribution is 8.07. The first-order chi connectivity index (χ1) is 23.1. The molecular weight excluding hydrogens is 698 g/mol. The van der Waals surface area contributed by atoms with E-state index >= 15 is 8.78 Å². The molecule has 48 heavy (non-hydrogen) atoms. The number of anilines is 1. The van der Waals surface area contributed by atoms with Gasteiger partial charge in [-0.15, -0.1) is 0 Å². The summed E-state index contributed by atoms with van der Waals surface area (Å²) in [5.74, 6) is 0.409. The van der Waals surface area contributed by atoms with E-state index in [4.69, 9.17) is 39.4 Å². The molecule has 3 saturated heterocycles. The third-order valence-corrected chi connectivity index (χ3v) is 11.2. The molecule has 17 nitrogen and oxygen atoms in total. The fourth-order valence-electron chi connectivity index (χ4n) is 6.18. The molecule has 2 N–H and O–H groups in total. The van der Waals surface area contributed by atoms with Gasteiger partial charge >= 0.3 is 14.3 Å². The van der Waals surface area contributed by atoms with Crippen LogP contribution in [0.1, 0.15) is 24.6 Å². The standard InChI is InChI=1S/C26H29F2N9O8P2S/c1-46(38)40-7-14-21-17(28)26(42-14)36-11-34-18-13(30-9-32-23(18)36)5-3-2-4-6-29-22-19-24(33-10-31-22)37(12-35-19)25-16(27)20(44-46)15(43-25)8-41-47(39,48)45-21/h2,4,9-12,14-17,20-21,25-26H,3,5-8H2,1H3,(H,39,48)(H,29,31,33)/b4-2+/t14-,15-,16-,17-,20-,21-,25?,26-,46+,47?/m1/s1. The zero-order valence-electron chi connectivity index (χ0n) is 25.1. The van der Waals surface area contributed by atoms with E-state index in [0.29, 0.717) is 47.6 Å². The number of aryl methyl sites for hydroxylation is 1. The van der Waals surface area contributed by atoms with Crippen LogP contribution in [0.5, 0.6) is 0 Å². The van der Waals surface area contributed by atoms with Gasteiger partial charge in [0.2, 0.25) is 0 Å². The van der Waals surface area contributed by atoms with Crippen LogP contribution in [0.3, 0.4) is 0 Å². The molecule has 2 unspecified atom stereocenters. The number of imidazole rings is 2. The van der Waals surface area contributed by atoms with E-state index in [9.17, 15) is 9.46 Å². The number of alkyl halides is 2. The van der Waals surface area contributed by atoms with Gasteiger partial charge in [-0.2, -0.15) is 0 Å². The molecule has 22 heteroatoms. The molecule has 14 bridgehead atoms. The second-order valence-electron chi connectivity index (χ2n) is 11.6. The maximum absolute atomic E-state index is 16.3. The Hall–Kier alpha value is -2.90. The number of allylic oxidation sites excluding steroid dienone is 1. The average Bonchev–Trinajstić information content (AvgIpc) is 3.81. The molecule has 4 aromatic rings. The van der Waals surface area contributed by atoms with Crippen LogP contribution in [0.4, 0.5) is 14.6 Å². The van der Waals surface area contributed by atoms with Gasteiger partial charge in [0.1, 0.15) is 42.6 Å². The predicted molar refractivity (Wildman–Crippen MR) is 166 cm³/mol. The predicted octanol–water partition coefficient (Wildman–Crippen LogP) is 2.91. The van der Waals surface area contributed by atoms with Gasteiger partial charge in [0.25, 0.3) is 0 Å². The van der Waals surface area contributed by atoms with Crippen LogP contribution in [0.15, 0.2) is 37.5 Å². The van der Waals surface area contributed by atoms with Gasteiger partial charge < -0.3 is 28.7 Å². The van der Waals surface area contributed by atoms with Gasteiger partial charge in [-0.1, -0.05) is 12.2 Å². The molecule has 0 radical (unpaired) electrons. The van der Waals surface area contributed by atoms with Crippen molar-refractivity contribution in [2.75, 3.05) is 31.7 Å². The highest BCUT2D eigenvalue weighted by Gasteiger charge is 2.54. The van der Waals surface area contributed by atoms with Crippen LogP contribution in [0.2, 0.25) is 0 Å². The van der Waals surface area contributed by atoms with Crippen LogP contribution in [0, 0.1) is 0 Å². The molecule has 256 valence electrons. The average molecular weight is 728 g/mol. The van der Waals surface area contributed by atoms with Crippen molar-refractivity contribution in [2.24, 2.45) is 0 Å². The lowest BCUT2D eigenvalue weighted by atomic mass is 10.1. The Bertz CT molecular complexity index is 1850. The maximum Gasteiger partial charge on any atom is 0.328 e. The molecule has 5 aliphatic heterocycles. The van der Waals surface area contributed by atoms with E-state index in [2.05, 4.69) is 35.2 Å². The number of hydrogen-bond donors (Lipinski definition) is 2. The summed E-state index contributed by atoms with van der Waals surface area (Å²) in [4.78, 5) is 37.2. The van der Waals surface area contributed by atoms with E-state index in [0.717, 1.165) is 6.66 Å². The molecule has 0 amide bonds. The zero-order chi connectivity index (χ0) is 33.2. The number of fused-ring (bicyclic) bond motifs is 10. The van der Waals surface area contributed by atoms with Gasteiger partial charge in [-0.3, -0.25) is 22.7 Å². The molecule has 0 aromatic carbocycles. The summed E-state index contributed by atoms with van der Waals surface area (Å²) >= 11 is 5.24. The molecule has 0 spiro atoms. The summed E-state index contributed by atoms with van der Waals surface area (Å²) in [6.45, 7) is -3.75. The quantitative estimate of drug-likeness (QED) is 0.198. The summed E-state index contributed by atoms with van der Waals surface area (Å²) < 4.78 is 83.6. The molecule has 9 rings (SSSR count). The minimum atomic E-state index is -4.22. The van der Waals surface area contributed by atoms with Crippen molar-refractivity contribution in [1.29, 1.82) is 0 Å². The van der Waals surface area contributed by atoms with Crippen LogP contribution < -0.4 is 5.32 Å². The Kier molecular flexibility index (Phi) is 8.38.